The lowest BCUT2D eigenvalue weighted by Gasteiger charge is -2.14. The van der Waals surface area contributed by atoms with Gasteiger partial charge < -0.3 is 9.47 Å². The summed E-state index contributed by atoms with van der Waals surface area (Å²) < 4.78 is 25.5. The van der Waals surface area contributed by atoms with Crippen molar-refractivity contribution in [1.29, 1.82) is 0 Å². The van der Waals surface area contributed by atoms with Crippen LogP contribution in [0.25, 0.3) is 6.08 Å². The highest BCUT2D eigenvalue weighted by atomic mass is 79.9. The predicted octanol–water partition coefficient (Wildman–Crippen LogP) is 7.01. The lowest BCUT2D eigenvalue weighted by Crippen LogP contribution is -2.28. The van der Waals surface area contributed by atoms with Gasteiger partial charge in [-0.1, -0.05) is 35.4 Å². The molecule has 0 radical (unpaired) electrons. The fourth-order valence-electron chi connectivity index (χ4n) is 3.39. The molecule has 1 aliphatic heterocycles. The molecular formula is C26H18BrClFNO5S. The zero-order valence-electron chi connectivity index (χ0n) is 19.0. The highest BCUT2D eigenvalue weighted by Crippen LogP contribution is 2.40. The number of benzene rings is 3. The topological polar surface area (TPSA) is 72.9 Å². The number of aryl methyl sites for hydroxylation is 1. The number of imide groups is 1. The molecule has 184 valence electrons. The van der Waals surface area contributed by atoms with Gasteiger partial charge in [-0.25, -0.2) is 9.18 Å². The zero-order chi connectivity index (χ0) is 26.0. The molecule has 1 heterocycles. The SMILES string of the molecule is COc1cc(/C=C2\SC(=O)N(Cc3c(F)cccc3Cl)C2=O)cc(Br)c1OC(=O)c1ccc(C)cc1. The molecule has 4 rings (SSSR count). The van der Waals surface area contributed by atoms with Crippen molar-refractivity contribution in [1.82, 2.24) is 4.90 Å². The van der Waals surface area contributed by atoms with Crippen molar-refractivity contribution < 1.29 is 28.2 Å². The van der Waals surface area contributed by atoms with Gasteiger partial charge in [0.1, 0.15) is 5.82 Å². The highest BCUT2D eigenvalue weighted by Gasteiger charge is 2.36. The number of ether oxygens (including phenoxy) is 2. The molecule has 0 aromatic heterocycles. The second-order valence-corrected chi connectivity index (χ2v) is 10.0. The Morgan fingerprint density at radius 2 is 1.89 bits per heavy atom. The average Bonchev–Trinajstić information content (AvgIpc) is 3.10. The van der Waals surface area contributed by atoms with Crippen LogP contribution in [0.4, 0.5) is 9.18 Å². The minimum absolute atomic E-state index is 0.0619. The quantitative estimate of drug-likeness (QED) is 0.175. The number of nitrogens with zero attached hydrogens (tertiary/aromatic N) is 1. The molecule has 1 aliphatic rings. The molecule has 2 amide bonds. The molecule has 0 bridgehead atoms. The fraction of sp³-hybridized carbons (Fsp3) is 0.115. The van der Waals surface area contributed by atoms with Gasteiger partial charge in [0, 0.05) is 10.6 Å². The molecule has 0 spiro atoms. The Morgan fingerprint density at radius 3 is 2.56 bits per heavy atom. The minimum Gasteiger partial charge on any atom is -0.493 e. The third-order valence-electron chi connectivity index (χ3n) is 5.28. The van der Waals surface area contributed by atoms with Crippen LogP contribution in [0.2, 0.25) is 5.02 Å². The van der Waals surface area contributed by atoms with E-state index >= 15 is 0 Å². The summed E-state index contributed by atoms with van der Waals surface area (Å²) in [4.78, 5) is 39.1. The van der Waals surface area contributed by atoms with E-state index in [1.807, 2.05) is 6.92 Å². The van der Waals surface area contributed by atoms with Crippen LogP contribution in [-0.2, 0) is 11.3 Å². The van der Waals surface area contributed by atoms with Crippen LogP contribution in [0, 0.1) is 12.7 Å². The van der Waals surface area contributed by atoms with E-state index in [1.165, 1.54) is 31.4 Å². The summed E-state index contributed by atoms with van der Waals surface area (Å²) in [5, 5.41) is -0.414. The lowest BCUT2D eigenvalue weighted by molar-refractivity contribution is -0.123. The molecular weight excluding hydrogens is 573 g/mol. The van der Waals surface area contributed by atoms with Gasteiger partial charge in [0.15, 0.2) is 11.5 Å². The van der Waals surface area contributed by atoms with Gasteiger partial charge in [-0.3, -0.25) is 14.5 Å². The maximum atomic E-state index is 14.2. The summed E-state index contributed by atoms with van der Waals surface area (Å²) in [7, 11) is 1.42. The van der Waals surface area contributed by atoms with Gasteiger partial charge in [0.2, 0.25) is 0 Å². The first-order valence-electron chi connectivity index (χ1n) is 10.5. The van der Waals surface area contributed by atoms with Gasteiger partial charge >= 0.3 is 5.97 Å². The Labute approximate surface area is 224 Å². The molecule has 0 aliphatic carbocycles. The number of amides is 2. The van der Waals surface area contributed by atoms with Crippen LogP contribution in [0.5, 0.6) is 11.5 Å². The molecule has 0 unspecified atom stereocenters. The number of esters is 1. The third kappa shape index (κ3) is 5.48. The monoisotopic (exact) mass is 589 g/mol. The molecule has 0 N–H and O–H groups in total. The van der Waals surface area contributed by atoms with E-state index in [1.54, 1.807) is 36.4 Å². The van der Waals surface area contributed by atoms with Crippen LogP contribution in [0.1, 0.15) is 27.0 Å². The van der Waals surface area contributed by atoms with Gasteiger partial charge in [-0.05, 0) is 82.7 Å². The third-order valence-corrected chi connectivity index (χ3v) is 7.13. The normalized spacial score (nSPS) is 14.5. The van der Waals surface area contributed by atoms with Crippen molar-refractivity contribution in [3.05, 3.63) is 97.1 Å². The number of thioether (sulfide) groups is 1. The Hall–Kier alpha value is -3.14. The number of hydrogen-bond donors (Lipinski definition) is 0. The van der Waals surface area contributed by atoms with Gasteiger partial charge in [0.25, 0.3) is 11.1 Å². The molecule has 36 heavy (non-hydrogen) atoms. The van der Waals surface area contributed by atoms with E-state index < -0.39 is 22.9 Å². The molecule has 6 nitrogen and oxygen atoms in total. The standard InChI is InChI=1S/C26H18BrClFNO5S/c1-14-6-8-16(9-7-14)25(32)35-23-18(27)10-15(11-21(23)34-2)12-22-24(31)30(26(33)36-22)13-17-19(28)4-3-5-20(17)29/h3-12H,13H2,1-2H3/b22-12-. The Morgan fingerprint density at radius 1 is 1.17 bits per heavy atom. The Bertz CT molecular complexity index is 1390. The summed E-state index contributed by atoms with van der Waals surface area (Å²) in [5.74, 6) is -1.32. The van der Waals surface area contributed by atoms with Crippen LogP contribution >= 0.6 is 39.3 Å². The summed E-state index contributed by atoms with van der Waals surface area (Å²) in [6.07, 6.45) is 1.51. The summed E-state index contributed by atoms with van der Waals surface area (Å²) in [6.45, 7) is 1.63. The summed E-state index contributed by atoms with van der Waals surface area (Å²) in [6, 6.07) is 14.3. The van der Waals surface area contributed by atoms with Crippen molar-refractivity contribution >= 4 is 62.5 Å². The van der Waals surface area contributed by atoms with Crippen LogP contribution in [0.15, 0.2) is 64.0 Å². The molecule has 1 saturated heterocycles. The number of halogens is 3. The van der Waals surface area contributed by atoms with E-state index in [0.717, 1.165) is 22.2 Å². The Kier molecular flexibility index (Phi) is 7.82. The lowest BCUT2D eigenvalue weighted by atomic mass is 10.1. The largest absolute Gasteiger partial charge is 0.493 e. The van der Waals surface area contributed by atoms with E-state index in [4.69, 9.17) is 21.1 Å². The van der Waals surface area contributed by atoms with Crippen molar-refractivity contribution in [3.8, 4) is 11.5 Å². The number of methoxy groups -OCH3 is 1. The van der Waals surface area contributed by atoms with E-state index in [9.17, 15) is 18.8 Å². The maximum absolute atomic E-state index is 14.2. The number of hydrogen-bond acceptors (Lipinski definition) is 6. The number of carbonyl (C=O) groups excluding carboxylic acids is 3. The van der Waals surface area contributed by atoms with Crippen molar-refractivity contribution in [2.75, 3.05) is 7.11 Å². The maximum Gasteiger partial charge on any atom is 0.343 e. The van der Waals surface area contributed by atoms with Gasteiger partial charge in [-0.15, -0.1) is 0 Å². The first-order chi connectivity index (χ1) is 17.2. The first kappa shape index (κ1) is 25.9. The minimum atomic E-state index is -0.602. The zero-order valence-corrected chi connectivity index (χ0v) is 22.2. The second-order valence-electron chi connectivity index (χ2n) is 7.76. The van der Waals surface area contributed by atoms with Crippen molar-refractivity contribution in [2.45, 2.75) is 13.5 Å². The van der Waals surface area contributed by atoms with Crippen LogP contribution in [-0.4, -0.2) is 29.1 Å². The number of carbonyl (C=O) groups is 3. The fourth-order valence-corrected chi connectivity index (χ4v) is 4.99. The predicted molar refractivity (Wildman–Crippen MR) is 140 cm³/mol. The highest BCUT2D eigenvalue weighted by molar-refractivity contribution is 9.10. The smallest absolute Gasteiger partial charge is 0.343 e. The average molecular weight is 591 g/mol. The van der Waals surface area contributed by atoms with Crippen molar-refractivity contribution in [2.24, 2.45) is 0 Å². The van der Waals surface area contributed by atoms with Crippen molar-refractivity contribution in [3.63, 3.8) is 0 Å². The first-order valence-corrected chi connectivity index (χ1v) is 12.5. The summed E-state index contributed by atoms with van der Waals surface area (Å²) >= 11 is 10.2. The summed E-state index contributed by atoms with van der Waals surface area (Å²) in [5.41, 5.74) is 1.97. The molecule has 3 aromatic carbocycles. The second kappa shape index (κ2) is 10.9. The molecule has 3 aromatic rings. The molecule has 0 saturated carbocycles. The van der Waals surface area contributed by atoms with Gasteiger partial charge in [-0.2, -0.15) is 0 Å². The van der Waals surface area contributed by atoms with Crippen LogP contribution in [0.3, 0.4) is 0 Å². The van der Waals surface area contributed by atoms with Crippen LogP contribution < -0.4 is 9.47 Å². The van der Waals surface area contributed by atoms with E-state index in [0.29, 0.717) is 15.6 Å². The Balaban J connectivity index is 1.58. The molecule has 1 fully saturated rings. The number of rotatable bonds is 6. The van der Waals surface area contributed by atoms with E-state index in [2.05, 4.69) is 15.9 Å². The van der Waals surface area contributed by atoms with E-state index in [-0.39, 0.29) is 33.5 Å². The molecule has 10 heteroatoms. The molecule has 0 atom stereocenters. The van der Waals surface area contributed by atoms with Gasteiger partial charge in [0.05, 0.1) is 28.6 Å².